The molecule has 0 aromatic heterocycles. The van der Waals surface area contributed by atoms with Gasteiger partial charge in [0.15, 0.2) is 0 Å². The molecule has 0 atom stereocenters. The number of carboxylic acids is 1. The molecule has 0 heterocycles. The Morgan fingerprint density at radius 3 is 1.45 bits per heavy atom. The van der Waals surface area contributed by atoms with Crippen molar-refractivity contribution in [3.05, 3.63) is 0 Å². The molecule has 116 valence electrons. The molecule has 0 radical (unpaired) electrons. The second-order valence-electron chi connectivity index (χ2n) is 4.76. The van der Waals surface area contributed by atoms with E-state index in [1.807, 2.05) is 0 Å². The summed E-state index contributed by atoms with van der Waals surface area (Å²) in [6, 6.07) is 0. The molecular weight excluding hydrogens is 304 g/mol. The number of hydrogen-bond acceptors (Lipinski definition) is 3. The van der Waals surface area contributed by atoms with E-state index in [0.29, 0.717) is 6.42 Å². The Morgan fingerprint density at radius 1 is 0.850 bits per heavy atom. The van der Waals surface area contributed by atoms with Gasteiger partial charge in [0, 0.05) is 6.42 Å². The first-order chi connectivity index (χ1) is 9.18. The van der Waals surface area contributed by atoms with Crippen molar-refractivity contribution in [2.45, 2.75) is 84.0 Å². The molecule has 6 heteroatoms. The van der Waals surface area contributed by atoms with E-state index in [9.17, 15) is 4.79 Å². The standard InChI is InChI=1S/C14H28O2.Mg.2O.Ti.2H/c1-2-3-4-5-6-7-8-9-10-11-12-13-14(15)16;;;;;;/h2-13H2,1H3,(H,15,16);;;;;;/q;+2;;;;2*-1. The minimum absolute atomic E-state index is 0. The molecule has 0 aliphatic heterocycles. The van der Waals surface area contributed by atoms with Crippen molar-refractivity contribution in [1.82, 2.24) is 0 Å². The van der Waals surface area contributed by atoms with E-state index in [0.717, 1.165) is 12.8 Å². The predicted molar refractivity (Wildman–Crippen MR) is 78.1 cm³/mol. The van der Waals surface area contributed by atoms with Crippen LogP contribution in [-0.2, 0) is 30.5 Å². The van der Waals surface area contributed by atoms with Crippen LogP contribution in [0.3, 0.4) is 0 Å². The number of rotatable bonds is 12. The molecule has 4 nitrogen and oxygen atoms in total. The second kappa shape index (κ2) is 24.6. The van der Waals surface area contributed by atoms with Gasteiger partial charge in [0.05, 0.1) is 0 Å². The maximum atomic E-state index is 10.3. The summed E-state index contributed by atoms with van der Waals surface area (Å²) < 4.78 is 17.0. The Balaban J connectivity index is -0.000000148. The van der Waals surface area contributed by atoms with Crippen LogP contribution in [0.25, 0.3) is 0 Å². The van der Waals surface area contributed by atoms with E-state index in [1.165, 1.54) is 57.8 Å². The van der Waals surface area contributed by atoms with E-state index in [-0.39, 0.29) is 25.9 Å². The first-order valence-electron chi connectivity index (χ1n) is 7.40. The summed E-state index contributed by atoms with van der Waals surface area (Å²) in [5.74, 6) is -0.657. The third kappa shape index (κ3) is 31.1. The molecule has 0 aliphatic carbocycles. The van der Waals surface area contributed by atoms with Gasteiger partial charge in [-0.2, -0.15) is 0 Å². The summed E-state index contributed by atoms with van der Waals surface area (Å²) in [5.41, 5.74) is 0. The third-order valence-electron chi connectivity index (χ3n) is 2.99. The molecule has 0 saturated carbocycles. The molecule has 0 aromatic carbocycles. The van der Waals surface area contributed by atoms with Crippen molar-refractivity contribution in [3.63, 3.8) is 0 Å². The Morgan fingerprint density at radius 2 is 1.15 bits per heavy atom. The molecule has 0 saturated heterocycles. The molecule has 0 rings (SSSR count). The van der Waals surface area contributed by atoms with Crippen molar-refractivity contribution < 1.29 is 38.5 Å². The van der Waals surface area contributed by atoms with Crippen LogP contribution in [0.4, 0.5) is 0 Å². The Kier molecular flexibility index (Phi) is 31.3. The molecule has 20 heavy (non-hydrogen) atoms. The topological polar surface area (TPSA) is 71.4 Å². The van der Waals surface area contributed by atoms with Crippen LogP contribution in [0, 0.1) is 0 Å². The number of carbonyl (C=O) groups is 1. The van der Waals surface area contributed by atoms with Crippen LogP contribution in [0.15, 0.2) is 0 Å². The molecule has 0 spiro atoms. The van der Waals surface area contributed by atoms with Crippen LogP contribution < -0.4 is 0 Å². The van der Waals surface area contributed by atoms with E-state index in [4.69, 9.17) is 11.8 Å². The van der Waals surface area contributed by atoms with Gasteiger partial charge in [0.25, 0.3) is 0 Å². The maximum absolute atomic E-state index is 10.3. The van der Waals surface area contributed by atoms with Crippen LogP contribution in [0.2, 0.25) is 0 Å². The van der Waals surface area contributed by atoms with Crippen LogP contribution in [0.1, 0.15) is 86.8 Å². The molecule has 0 fully saturated rings. The summed E-state index contributed by atoms with van der Waals surface area (Å²) in [5, 5.41) is 8.46. The van der Waals surface area contributed by atoms with Crippen LogP contribution >= 0.6 is 0 Å². The van der Waals surface area contributed by atoms with Crippen molar-refractivity contribution in [2.75, 3.05) is 0 Å². The van der Waals surface area contributed by atoms with Gasteiger partial charge in [-0.15, -0.1) is 0 Å². The molecule has 0 amide bonds. The first kappa shape index (κ1) is 25.5. The summed E-state index contributed by atoms with van der Waals surface area (Å²) in [4.78, 5) is 10.3. The van der Waals surface area contributed by atoms with Crippen molar-refractivity contribution >= 4 is 29.0 Å². The Hall–Kier alpha value is 0.551. The fourth-order valence-electron chi connectivity index (χ4n) is 1.94. The SMILES string of the molecule is CCCCCCCCCCCCCC(=O)O.[H-].[H-].[Mg+2].[O]=[Ti]=[O]. The molecule has 0 unspecified atom stereocenters. The van der Waals surface area contributed by atoms with E-state index >= 15 is 0 Å². The molecular formula is C14H30MgO4Ti. The number of aliphatic carboxylic acids is 1. The number of carboxylic acid groups (broad SMARTS) is 1. The van der Waals surface area contributed by atoms with Gasteiger partial charge >= 0.3 is 54.8 Å². The quantitative estimate of drug-likeness (QED) is 0.425. The zero-order valence-corrected chi connectivity index (χ0v) is 15.8. The summed E-state index contributed by atoms with van der Waals surface area (Å²) in [7, 11) is 0. The Bertz CT molecular complexity index is 241. The van der Waals surface area contributed by atoms with Gasteiger partial charge in [0.2, 0.25) is 0 Å². The fourth-order valence-corrected chi connectivity index (χ4v) is 1.94. The van der Waals surface area contributed by atoms with Crippen LogP contribution in [-0.4, -0.2) is 34.1 Å². The van der Waals surface area contributed by atoms with Crippen molar-refractivity contribution in [3.8, 4) is 0 Å². The number of hydrogen-bond donors (Lipinski definition) is 1. The molecule has 0 bridgehead atoms. The average Bonchev–Trinajstić information content (AvgIpc) is 2.36. The fraction of sp³-hybridized carbons (Fsp3) is 0.929. The second-order valence-corrected chi connectivity index (χ2v) is 5.02. The summed E-state index contributed by atoms with van der Waals surface area (Å²) in [6.45, 7) is 2.25. The van der Waals surface area contributed by atoms with Gasteiger partial charge in [-0.05, 0) is 6.42 Å². The van der Waals surface area contributed by atoms with Gasteiger partial charge in [-0.1, -0.05) is 71.1 Å². The van der Waals surface area contributed by atoms with Gasteiger partial charge in [-0.25, -0.2) is 0 Å². The van der Waals surface area contributed by atoms with E-state index < -0.39 is 25.1 Å². The zero-order valence-electron chi connectivity index (χ0n) is 14.9. The summed E-state index contributed by atoms with van der Waals surface area (Å²) in [6.07, 6.45) is 14.4. The number of unbranched alkanes of at least 4 members (excludes halogenated alkanes) is 10. The zero-order chi connectivity index (χ0) is 14.8. The molecule has 0 aliphatic rings. The van der Waals surface area contributed by atoms with Gasteiger partial charge in [-0.3, -0.25) is 4.79 Å². The third-order valence-corrected chi connectivity index (χ3v) is 2.99. The average molecular weight is 335 g/mol. The molecule has 0 aromatic rings. The van der Waals surface area contributed by atoms with Gasteiger partial charge in [0.1, 0.15) is 0 Å². The molecule has 1 N–H and O–H groups in total. The van der Waals surface area contributed by atoms with Crippen LogP contribution in [0.5, 0.6) is 0 Å². The first-order valence-corrected chi connectivity index (χ1v) is 8.67. The monoisotopic (exact) mass is 334 g/mol. The predicted octanol–water partition coefficient (Wildman–Crippen LogP) is 4.38. The minimum atomic E-state index is -2.00. The normalized spacial score (nSPS) is 8.85. The van der Waals surface area contributed by atoms with Gasteiger partial charge < -0.3 is 7.96 Å². The van der Waals surface area contributed by atoms with E-state index in [1.54, 1.807) is 0 Å². The van der Waals surface area contributed by atoms with Crippen molar-refractivity contribution in [1.29, 1.82) is 0 Å². The summed E-state index contributed by atoms with van der Waals surface area (Å²) >= 11 is -2.00. The van der Waals surface area contributed by atoms with Crippen molar-refractivity contribution in [2.24, 2.45) is 0 Å². The Labute approximate surface area is 151 Å². The van der Waals surface area contributed by atoms with E-state index in [2.05, 4.69) is 6.92 Å².